The quantitative estimate of drug-likeness (QED) is 0.751. The highest BCUT2D eigenvalue weighted by molar-refractivity contribution is 7.88. The Morgan fingerprint density at radius 1 is 1.53 bits per heavy atom. The lowest BCUT2D eigenvalue weighted by Gasteiger charge is -2.24. The third-order valence-electron chi connectivity index (χ3n) is 1.93. The van der Waals surface area contributed by atoms with Gasteiger partial charge in [-0.15, -0.1) is 0 Å². The van der Waals surface area contributed by atoms with Gasteiger partial charge in [0.25, 0.3) is 0 Å². The van der Waals surface area contributed by atoms with Crippen molar-refractivity contribution in [1.29, 1.82) is 0 Å². The SMILES string of the molecule is CC(C)(CCc1cn[nH]n1)NS(C)(=O)=O. The summed E-state index contributed by atoms with van der Waals surface area (Å²) in [6, 6.07) is 0. The van der Waals surface area contributed by atoms with E-state index < -0.39 is 15.6 Å². The molecule has 2 N–H and O–H groups in total. The van der Waals surface area contributed by atoms with Gasteiger partial charge in [0.05, 0.1) is 18.1 Å². The Labute approximate surface area is 89.5 Å². The maximum atomic E-state index is 11.1. The first-order chi connectivity index (χ1) is 6.79. The van der Waals surface area contributed by atoms with Crippen LogP contribution in [0.3, 0.4) is 0 Å². The molecule has 1 heterocycles. The number of sulfonamides is 1. The predicted octanol–water partition coefficient (Wildman–Crippen LogP) is 0.0651. The van der Waals surface area contributed by atoms with Crippen molar-refractivity contribution in [3.63, 3.8) is 0 Å². The zero-order valence-corrected chi connectivity index (χ0v) is 9.93. The van der Waals surface area contributed by atoms with Gasteiger partial charge in [-0.1, -0.05) is 0 Å². The van der Waals surface area contributed by atoms with E-state index in [0.717, 1.165) is 11.9 Å². The third kappa shape index (κ3) is 4.89. The molecule has 86 valence electrons. The van der Waals surface area contributed by atoms with Crippen LogP contribution in [0.25, 0.3) is 0 Å². The van der Waals surface area contributed by atoms with Gasteiger partial charge < -0.3 is 0 Å². The van der Waals surface area contributed by atoms with E-state index in [1.807, 2.05) is 13.8 Å². The number of H-pyrrole nitrogens is 1. The zero-order chi connectivity index (χ0) is 11.5. The second kappa shape index (κ2) is 4.28. The van der Waals surface area contributed by atoms with E-state index in [1.165, 1.54) is 0 Å². The van der Waals surface area contributed by atoms with Gasteiger partial charge in [-0.05, 0) is 26.7 Å². The molecule has 0 fully saturated rings. The van der Waals surface area contributed by atoms with Crippen LogP contribution in [-0.2, 0) is 16.4 Å². The molecule has 7 heteroatoms. The van der Waals surface area contributed by atoms with Gasteiger partial charge in [0.15, 0.2) is 0 Å². The van der Waals surface area contributed by atoms with Crippen molar-refractivity contribution >= 4 is 10.0 Å². The Bertz CT molecular complexity index is 396. The van der Waals surface area contributed by atoms with E-state index in [9.17, 15) is 8.42 Å². The van der Waals surface area contributed by atoms with Gasteiger partial charge in [-0.25, -0.2) is 13.1 Å². The second-order valence-electron chi connectivity index (χ2n) is 4.22. The minimum Gasteiger partial charge on any atom is -0.213 e. The van der Waals surface area contributed by atoms with Gasteiger partial charge in [-0.3, -0.25) is 0 Å². The average Bonchev–Trinajstić information content (AvgIpc) is 2.47. The Kier molecular flexibility index (Phi) is 3.46. The number of rotatable bonds is 5. The first kappa shape index (κ1) is 12.1. The van der Waals surface area contributed by atoms with Crippen LogP contribution in [0.2, 0.25) is 0 Å². The highest BCUT2D eigenvalue weighted by Crippen LogP contribution is 2.12. The van der Waals surface area contributed by atoms with Gasteiger partial charge in [0, 0.05) is 5.54 Å². The fourth-order valence-electron chi connectivity index (χ4n) is 1.34. The summed E-state index contributed by atoms with van der Waals surface area (Å²) in [4.78, 5) is 0. The summed E-state index contributed by atoms with van der Waals surface area (Å²) in [5.41, 5.74) is 0.366. The largest absolute Gasteiger partial charge is 0.213 e. The molecular weight excluding hydrogens is 216 g/mol. The number of nitrogens with one attached hydrogen (secondary N) is 2. The van der Waals surface area contributed by atoms with Gasteiger partial charge in [-0.2, -0.15) is 15.4 Å². The smallest absolute Gasteiger partial charge is 0.209 e. The fraction of sp³-hybridized carbons (Fsp3) is 0.750. The highest BCUT2D eigenvalue weighted by atomic mass is 32.2. The lowest BCUT2D eigenvalue weighted by Crippen LogP contribution is -2.43. The van der Waals surface area contributed by atoms with Crippen molar-refractivity contribution in [2.75, 3.05) is 6.26 Å². The average molecular weight is 232 g/mol. The van der Waals surface area contributed by atoms with Crippen LogP contribution in [0.4, 0.5) is 0 Å². The van der Waals surface area contributed by atoms with Crippen molar-refractivity contribution in [3.05, 3.63) is 11.9 Å². The van der Waals surface area contributed by atoms with E-state index in [1.54, 1.807) is 6.20 Å². The molecule has 0 saturated heterocycles. The lowest BCUT2D eigenvalue weighted by atomic mass is 9.99. The zero-order valence-electron chi connectivity index (χ0n) is 9.11. The first-order valence-electron chi connectivity index (χ1n) is 4.62. The summed E-state index contributed by atoms with van der Waals surface area (Å²) < 4.78 is 24.7. The number of hydrogen-bond donors (Lipinski definition) is 2. The molecule has 1 aromatic rings. The Morgan fingerprint density at radius 2 is 2.20 bits per heavy atom. The molecule has 0 unspecified atom stereocenters. The molecule has 0 atom stereocenters. The molecule has 0 saturated carbocycles. The summed E-state index contributed by atoms with van der Waals surface area (Å²) in [6.45, 7) is 3.68. The van der Waals surface area contributed by atoms with Crippen LogP contribution < -0.4 is 4.72 Å². The molecule has 15 heavy (non-hydrogen) atoms. The van der Waals surface area contributed by atoms with Crippen LogP contribution in [0, 0.1) is 0 Å². The van der Waals surface area contributed by atoms with Gasteiger partial charge in [0.1, 0.15) is 0 Å². The van der Waals surface area contributed by atoms with Crippen molar-refractivity contribution in [1.82, 2.24) is 20.1 Å². The molecule has 0 amide bonds. The summed E-state index contributed by atoms with van der Waals surface area (Å²) in [5, 5.41) is 10.1. The second-order valence-corrected chi connectivity index (χ2v) is 5.97. The Hall–Kier alpha value is -0.950. The summed E-state index contributed by atoms with van der Waals surface area (Å²) in [7, 11) is -3.17. The topological polar surface area (TPSA) is 87.7 Å². The van der Waals surface area contributed by atoms with Crippen LogP contribution in [0.5, 0.6) is 0 Å². The van der Waals surface area contributed by atoms with E-state index in [2.05, 4.69) is 20.1 Å². The maximum absolute atomic E-state index is 11.1. The Morgan fingerprint density at radius 3 is 2.67 bits per heavy atom. The van der Waals surface area contributed by atoms with Crippen molar-refractivity contribution in [2.24, 2.45) is 0 Å². The summed E-state index contributed by atoms with van der Waals surface area (Å²) in [5.74, 6) is 0. The van der Waals surface area contributed by atoms with E-state index in [0.29, 0.717) is 12.8 Å². The van der Waals surface area contributed by atoms with E-state index in [-0.39, 0.29) is 0 Å². The fourth-order valence-corrected chi connectivity index (χ4v) is 2.45. The number of hydrogen-bond acceptors (Lipinski definition) is 4. The molecule has 0 bridgehead atoms. The molecule has 0 spiro atoms. The van der Waals surface area contributed by atoms with Gasteiger partial charge >= 0.3 is 0 Å². The molecule has 1 rings (SSSR count). The lowest BCUT2D eigenvalue weighted by molar-refractivity contribution is 0.422. The molecule has 0 radical (unpaired) electrons. The Balaban J connectivity index is 2.50. The van der Waals surface area contributed by atoms with Crippen LogP contribution in [0.1, 0.15) is 26.0 Å². The van der Waals surface area contributed by atoms with Gasteiger partial charge in [0.2, 0.25) is 10.0 Å². The maximum Gasteiger partial charge on any atom is 0.209 e. The van der Waals surface area contributed by atoms with E-state index in [4.69, 9.17) is 0 Å². The van der Waals surface area contributed by atoms with Crippen molar-refractivity contribution < 1.29 is 8.42 Å². The highest BCUT2D eigenvalue weighted by Gasteiger charge is 2.21. The van der Waals surface area contributed by atoms with E-state index >= 15 is 0 Å². The number of nitrogens with zero attached hydrogens (tertiary/aromatic N) is 2. The number of aryl methyl sites for hydroxylation is 1. The van der Waals surface area contributed by atoms with Crippen molar-refractivity contribution in [3.8, 4) is 0 Å². The molecule has 0 aromatic carbocycles. The molecule has 0 aliphatic rings. The minimum absolute atomic E-state index is 0.466. The molecular formula is C8H16N4O2S. The number of aromatic amines is 1. The monoisotopic (exact) mass is 232 g/mol. The first-order valence-corrected chi connectivity index (χ1v) is 6.51. The molecule has 1 aromatic heterocycles. The van der Waals surface area contributed by atoms with Crippen LogP contribution >= 0.6 is 0 Å². The minimum atomic E-state index is -3.17. The normalized spacial score (nSPS) is 13.0. The third-order valence-corrected chi connectivity index (χ3v) is 2.86. The number of aromatic nitrogens is 3. The predicted molar refractivity (Wildman–Crippen MR) is 56.8 cm³/mol. The van der Waals surface area contributed by atoms with Crippen LogP contribution in [-0.4, -0.2) is 35.6 Å². The summed E-state index contributed by atoms with van der Waals surface area (Å²) in [6.07, 6.45) is 4.15. The molecule has 0 aliphatic carbocycles. The molecule has 6 nitrogen and oxygen atoms in total. The molecule has 0 aliphatic heterocycles. The van der Waals surface area contributed by atoms with Crippen molar-refractivity contribution in [2.45, 2.75) is 32.2 Å². The standard InChI is InChI=1S/C8H16N4O2S/c1-8(2,11-15(3,13)14)5-4-7-6-9-12-10-7/h6,11H,4-5H2,1-3H3,(H,9,10,12). The summed E-state index contributed by atoms with van der Waals surface area (Å²) >= 11 is 0. The van der Waals surface area contributed by atoms with Crippen LogP contribution in [0.15, 0.2) is 6.20 Å².